The maximum atomic E-state index is 13.1. The third-order valence-electron chi connectivity index (χ3n) is 5.74. The van der Waals surface area contributed by atoms with Gasteiger partial charge in [0.1, 0.15) is 0 Å². The molecule has 27 heavy (non-hydrogen) atoms. The zero-order valence-corrected chi connectivity index (χ0v) is 16.4. The molecule has 2 saturated heterocycles. The number of carbonyl (C=O) groups is 1. The van der Waals surface area contributed by atoms with Crippen LogP contribution in [0.1, 0.15) is 60.7 Å². The van der Waals surface area contributed by atoms with E-state index in [1.54, 1.807) is 18.2 Å². The van der Waals surface area contributed by atoms with Gasteiger partial charge in [0.25, 0.3) is 5.91 Å². The van der Waals surface area contributed by atoms with Crippen LogP contribution in [0.25, 0.3) is 0 Å². The van der Waals surface area contributed by atoms with Crippen molar-refractivity contribution in [3.63, 3.8) is 0 Å². The van der Waals surface area contributed by atoms with Gasteiger partial charge in [-0.3, -0.25) is 4.79 Å². The van der Waals surface area contributed by atoms with Crippen molar-refractivity contribution in [2.24, 2.45) is 5.41 Å². The van der Waals surface area contributed by atoms with Gasteiger partial charge in [0.15, 0.2) is 0 Å². The molecule has 7 heteroatoms. The number of hydrogen-bond acceptors (Lipinski definition) is 5. The third kappa shape index (κ3) is 3.48. The first-order valence-electron chi connectivity index (χ1n) is 9.44. The van der Waals surface area contributed by atoms with E-state index < -0.39 is 0 Å². The Labute approximate surface area is 163 Å². The second-order valence-electron chi connectivity index (χ2n) is 7.86. The molecule has 1 atom stereocenters. The lowest BCUT2D eigenvalue weighted by atomic mass is 9.72. The Hall–Kier alpha value is -1.92. The van der Waals surface area contributed by atoms with E-state index in [1.807, 2.05) is 24.8 Å². The van der Waals surface area contributed by atoms with Crippen LogP contribution in [0.3, 0.4) is 0 Å². The molecule has 1 aromatic carbocycles. The smallest absolute Gasteiger partial charge is 0.253 e. The molecule has 4 rings (SSSR count). The highest BCUT2D eigenvalue weighted by molar-refractivity contribution is 6.30. The van der Waals surface area contributed by atoms with Gasteiger partial charge in [0.2, 0.25) is 11.8 Å². The zero-order chi connectivity index (χ0) is 19.0. The van der Waals surface area contributed by atoms with Crippen molar-refractivity contribution in [2.75, 3.05) is 26.3 Å². The van der Waals surface area contributed by atoms with Gasteiger partial charge < -0.3 is 14.1 Å². The molecule has 0 bridgehead atoms. The number of nitrogens with zero attached hydrogens (tertiary/aromatic N) is 3. The summed E-state index contributed by atoms with van der Waals surface area (Å²) in [6.45, 7) is 6.70. The molecule has 2 aliphatic heterocycles. The number of benzene rings is 1. The second-order valence-corrected chi connectivity index (χ2v) is 8.29. The van der Waals surface area contributed by atoms with Crippen LogP contribution in [0, 0.1) is 5.41 Å². The average Bonchev–Trinajstić information content (AvgIpc) is 3.27. The predicted molar refractivity (Wildman–Crippen MR) is 101 cm³/mol. The molecule has 2 aromatic rings. The Balaban J connectivity index is 1.64. The van der Waals surface area contributed by atoms with Crippen LogP contribution in [0.15, 0.2) is 28.7 Å². The molecule has 6 nitrogen and oxygen atoms in total. The molecule has 1 aromatic heterocycles. The van der Waals surface area contributed by atoms with Gasteiger partial charge >= 0.3 is 0 Å². The summed E-state index contributed by atoms with van der Waals surface area (Å²) >= 11 is 6.07. The molecule has 1 spiro atoms. The van der Waals surface area contributed by atoms with Gasteiger partial charge in [-0.05, 0) is 31.0 Å². The fourth-order valence-corrected chi connectivity index (χ4v) is 4.36. The fourth-order valence-electron chi connectivity index (χ4n) is 4.17. The number of carbonyl (C=O) groups excluding carboxylic acids is 1. The summed E-state index contributed by atoms with van der Waals surface area (Å²) in [5, 5.41) is 9.11. The molecule has 0 N–H and O–H groups in total. The molecule has 2 aliphatic rings. The Kier molecular flexibility index (Phi) is 4.95. The van der Waals surface area contributed by atoms with Crippen LogP contribution in [0.4, 0.5) is 0 Å². The van der Waals surface area contributed by atoms with E-state index in [0.717, 1.165) is 12.8 Å². The Morgan fingerprint density at radius 1 is 1.30 bits per heavy atom. The number of halogens is 1. The highest BCUT2D eigenvalue weighted by Gasteiger charge is 2.51. The lowest BCUT2D eigenvalue weighted by Crippen LogP contribution is -2.37. The standard InChI is InChI=1S/C20H24ClN3O3/c1-13(2)17-22-23-18(27-17)16-11-24(12-20(16)6-8-26-9-7-20)19(25)14-4-3-5-15(21)10-14/h3-5,10,13,16H,6-9,11-12H2,1-2H3. The van der Waals surface area contributed by atoms with Crippen LogP contribution in [0.2, 0.25) is 5.02 Å². The second kappa shape index (κ2) is 7.24. The molecular weight excluding hydrogens is 366 g/mol. The lowest BCUT2D eigenvalue weighted by molar-refractivity contribution is 0.00888. The number of ether oxygens (including phenoxy) is 1. The molecule has 0 saturated carbocycles. The SMILES string of the molecule is CC(C)c1nnc(C2CN(C(=O)c3cccc(Cl)c3)CC23CCOCC3)o1. The molecule has 144 valence electrons. The van der Waals surface area contributed by atoms with Crippen LogP contribution < -0.4 is 0 Å². The first-order valence-corrected chi connectivity index (χ1v) is 9.82. The molecule has 0 aliphatic carbocycles. The summed E-state index contributed by atoms with van der Waals surface area (Å²) in [6, 6.07) is 7.11. The summed E-state index contributed by atoms with van der Waals surface area (Å²) < 4.78 is 11.6. The maximum absolute atomic E-state index is 13.1. The third-order valence-corrected chi connectivity index (χ3v) is 5.98. The summed E-state index contributed by atoms with van der Waals surface area (Å²) in [4.78, 5) is 15.0. The van der Waals surface area contributed by atoms with Gasteiger partial charge in [-0.2, -0.15) is 0 Å². The minimum absolute atomic E-state index is 0.00512. The first-order chi connectivity index (χ1) is 13.0. The predicted octanol–water partition coefficient (Wildman–Crippen LogP) is 3.88. The molecule has 1 unspecified atom stereocenters. The van der Waals surface area contributed by atoms with Crippen molar-refractivity contribution in [2.45, 2.75) is 38.5 Å². The van der Waals surface area contributed by atoms with E-state index in [0.29, 0.717) is 48.7 Å². The minimum Gasteiger partial charge on any atom is -0.425 e. The molecule has 2 fully saturated rings. The van der Waals surface area contributed by atoms with E-state index in [-0.39, 0.29) is 23.2 Å². The van der Waals surface area contributed by atoms with Crippen molar-refractivity contribution >= 4 is 17.5 Å². The molecular formula is C20H24ClN3O3. The quantitative estimate of drug-likeness (QED) is 0.796. The number of aromatic nitrogens is 2. The van der Waals surface area contributed by atoms with E-state index in [1.165, 1.54) is 0 Å². The van der Waals surface area contributed by atoms with E-state index in [2.05, 4.69) is 10.2 Å². The van der Waals surface area contributed by atoms with Crippen molar-refractivity contribution < 1.29 is 13.9 Å². The first kappa shape index (κ1) is 18.4. The summed E-state index contributed by atoms with van der Waals surface area (Å²) in [5.41, 5.74) is 0.534. The van der Waals surface area contributed by atoms with Gasteiger partial charge in [-0.25, -0.2) is 0 Å². The van der Waals surface area contributed by atoms with Gasteiger partial charge in [-0.15, -0.1) is 10.2 Å². The Morgan fingerprint density at radius 3 is 2.74 bits per heavy atom. The average molecular weight is 390 g/mol. The largest absolute Gasteiger partial charge is 0.425 e. The summed E-state index contributed by atoms with van der Waals surface area (Å²) in [6.07, 6.45) is 1.77. The topological polar surface area (TPSA) is 68.5 Å². The molecule has 0 radical (unpaired) electrons. The minimum atomic E-state index is -0.0761. The van der Waals surface area contributed by atoms with Crippen LogP contribution in [0.5, 0.6) is 0 Å². The van der Waals surface area contributed by atoms with Gasteiger partial charge in [0.05, 0.1) is 5.92 Å². The number of rotatable bonds is 3. The van der Waals surface area contributed by atoms with Gasteiger partial charge in [-0.1, -0.05) is 31.5 Å². The van der Waals surface area contributed by atoms with E-state index in [4.69, 9.17) is 20.8 Å². The number of hydrogen-bond donors (Lipinski definition) is 0. The van der Waals surface area contributed by atoms with Gasteiger partial charge in [0, 0.05) is 48.2 Å². The molecule has 3 heterocycles. The fraction of sp³-hybridized carbons (Fsp3) is 0.550. The lowest BCUT2D eigenvalue weighted by Gasteiger charge is -2.36. The monoisotopic (exact) mass is 389 g/mol. The normalized spacial score (nSPS) is 21.9. The van der Waals surface area contributed by atoms with Crippen molar-refractivity contribution in [3.05, 3.63) is 46.6 Å². The van der Waals surface area contributed by atoms with Crippen molar-refractivity contribution in [1.82, 2.24) is 15.1 Å². The summed E-state index contributed by atoms with van der Waals surface area (Å²) in [7, 11) is 0. The van der Waals surface area contributed by atoms with Crippen LogP contribution in [-0.4, -0.2) is 47.3 Å². The number of amides is 1. The van der Waals surface area contributed by atoms with E-state index >= 15 is 0 Å². The highest BCUT2D eigenvalue weighted by Crippen LogP contribution is 2.49. The van der Waals surface area contributed by atoms with Crippen molar-refractivity contribution in [1.29, 1.82) is 0 Å². The summed E-state index contributed by atoms with van der Waals surface area (Å²) in [5.74, 6) is 1.50. The van der Waals surface area contributed by atoms with Crippen molar-refractivity contribution in [3.8, 4) is 0 Å². The maximum Gasteiger partial charge on any atom is 0.253 e. The van der Waals surface area contributed by atoms with Crippen LogP contribution in [-0.2, 0) is 4.74 Å². The van der Waals surface area contributed by atoms with E-state index in [9.17, 15) is 4.79 Å². The number of likely N-dealkylation sites (tertiary alicyclic amines) is 1. The zero-order valence-electron chi connectivity index (χ0n) is 15.7. The molecule has 1 amide bonds. The Morgan fingerprint density at radius 2 is 2.07 bits per heavy atom. The highest BCUT2D eigenvalue weighted by atomic mass is 35.5. The van der Waals surface area contributed by atoms with Crippen LogP contribution >= 0.6 is 11.6 Å². The Bertz CT molecular complexity index is 829.